The predicted molar refractivity (Wildman–Crippen MR) is 111 cm³/mol. The van der Waals surface area contributed by atoms with Gasteiger partial charge in [0.2, 0.25) is 11.8 Å². The van der Waals surface area contributed by atoms with Gasteiger partial charge in [-0.05, 0) is 36.5 Å². The van der Waals surface area contributed by atoms with Crippen LogP contribution in [0.25, 0.3) is 0 Å². The zero-order valence-electron chi connectivity index (χ0n) is 16.6. The summed E-state index contributed by atoms with van der Waals surface area (Å²) in [5, 5.41) is 2.81. The van der Waals surface area contributed by atoms with E-state index in [9.17, 15) is 14.4 Å². The van der Waals surface area contributed by atoms with Gasteiger partial charge in [-0.2, -0.15) is 11.8 Å². The zero-order chi connectivity index (χ0) is 20.2. The largest absolute Gasteiger partial charge is 0.370 e. The smallest absolute Gasteiger partial charge is 0.224 e. The maximum absolute atomic E-state index is 12.4. The number of primary amides is 1. The molecule has 1 aromatic rings. The molecule has 6 heteroatoms. The minimum Gasteiger partial charge on any atom is -0.370 e. The maximum atomic E-state index is 12.4. The standard InChI is InChI=1S/C21H32N2O3S/c1-4-18(23-21(26)17(15(2)3)13-20(22)25)19(24)14-27-12-8-11-16-9-6-5-7-10-16/h5-7,9-10,15,17-18H,4,8,11-14H2,1-3H3,(H2,22,25)(H,23,26). The van der Waals surface area contributed by atoms with Gasteiger partial charge in [0.1, 0.15) is 0 Å². The number of nitrogens with two attached hydrogens (primary N) is 1. The number of benzene rings is 1. The van der Waals surface area contributed by atoms with Crippen LogP contribution in [-0.4, -0.2) is 35.1 Å². The molecule has 3 N–H and O–H groups in total. The van der Waals surface area contributed by atoms with E-state index in [1.807, 2.05) is 39.0 Å². The van der Waals surface area contributed by atoms with Crippen molar-refractivity contribution in [2.75, 3.05) is 11.5 Å². The number of rotatable bonds is 13. The van der Waals surface area contributed by atoms with Crippen LogP contribution < -0.4 is 11.1 Å². The molecule has 2 unspecified atom stereocenters. The molecule has 1 rings (SSSR count). The summed E-state index contributed by atoms with van der Waals surface area (Å²) in [5.41, 5.74) is 6.54. The number of ketones is 1. The highest BCUT2D eigenvalue weighted by atomic mass is 32.2. The van der Waals surface area contributed by atoms with Gasteiger partial charge in [0.15, 0.2) is 5.78 Å². The topological polar surface area (TPSA) is 89.3 Å². The van der Waals surface area contributed by atoms with Crippen molar-refractivity contribution < 1.29 is 14.4 Å². The van der Waals surface area contributed by atoms with Crippen molar-refractivity contribution >= 4 is 29.4 Å². The van der Waals surface area contributed by atoms with Crippen molar-refractivity contribution in [3.05, 3.63) is 35.9 Å². The molecule has 0 saturated carbocycles. The van der Waals surface area contributed by atoms with Gasteiger partial charge in [0.05, 0.1) is 11.8 Å². The van der Waals surface area contributed by atoms with Crippen molar-refractivity contribution in [1.82, 2.24) is 5.32 Å². The van der Waals surface area contributed by atoms with Crippen LogP contribution in [0.4, 0.5) is 0 Å². The molecular weight excluding hydrogens is 360 g/mol. The molecule has 0 bridgehead atoms. The summed E-state index contributed by atoms with van der Waals surface area (Å²) in [7, 11) is 0. The van der Waals surface area contributed by atoms with Crippen molar-refractivity contribution in [2.45, 2.75) is 52.5 Å². The monoisotopic (exact) mass is 392 g/mol. The summed E-state index contributed by atoms with van der Waals surface area (Å²) >= 11 is 1.60. The molecule has 27 heavy (non-hydrogen) atoms. The van der Waals surface area contributed by atoms with E-state index in [1.165, 1.54) is 5.56 Å². The maximum Gasteiger partial charge on any atom is 0.224 e. The minimum absolute atomic E-state index is 0.00234. The third-order valence-electron chi connectivity index (χ3n) is 4.52. The summed E-state index contributed by atoms with van der Waals surface area (Å²) in [4.78, 5) is 36.1. The lowest BCUT2D eigenvalue weighted by Crippen LogP contribution is -2.45. The predicted octanol–water partition coefficient (Wildman–Crippen LogP) is 2.96. The summed E-state index contributed by atoms with van der Waals surface area (Å²) in [5.74, 6) is 0.0320. The summed E-state index contributed by atoms with van der Waals surface area (Å²) in [6.45, 7) is 5.62. The number of aryl methyl sites for hydroxylation is 1. The Bertz CT molecular complexity index is 605. The van der Waals surface area contributed by atoms with E-state index in [-0.39, 0.29) is 24.0 Å². The Morgan fingerprint density at radius 3 is 2.37 bits per heavy atom. The van der Waals surface area contributed by atoms with Gasteiger partial charge in [0, 0.05) is 12.3 Å². The molecule has 150 valence electrons. The molecule has 0 saturated heterocycles. The van der Waals surface area contributed by atoms with Crippen LogP contribution in [0.3, 0.4) is 0 Å². The highest BCUT2D eigenvalue weighted by molar-refractivity contribution is 7.99. The Kier molecular flexibility index (Phi) is 10.8. The Labute approximate surface area is 166 Å². The highest BCUT2D eigenvalue weighted by Crippen LogP contribution is 2.16. The van der Waals surface area contributed by atoms with Crippen LogP contribution >= 0.6 is 11.8 Å². The van der Waals surface area contributed by atoms with E-state index in [2.05, 4.69) is 17.4 Å². The van der Waals surface area contributed by atoms with Crippen LogP contribution in [0, 0.1) is 11.8 Å². The van der Waals surface area contributed by atoms with E-state index in [0.29, 0.717) is 12.2 Å². The molecule has 0 spiro atoms. The van der Waals surface area contributed by atoms with Crippen LogP contribution in [0.15, 0.2) is 30.3 Å². The fraction of sp³-hybridized carbons (Fsp3) is 0.571. The molecule has 0 aromatic heterocycles. The molecule has 0 fully saturated rings. The number of carbonyl (C=O) groups is 3. The van der Waals surface area contributed by atoms with E-state index >= 15 is 0 Å². The fourth-order valence-electron chi connectivity index (χ4n) is 2.83. The van der Waals surface area contributed by atoms with Crippen LogP contribution in [0.5, 0.6) is 0 Å². The van der Waals surface area contributed by atoms with E-state index in [4.69, 9.17) is 5.73 Å². The minimum atomic E-state index is -0.506. The van der Waals surface area contributed by atoms with Crippen LogP contribution in [-0.2, 0) is 20.8 Å². The summed E-state index contributed by atoms with van der Waals surface area (Å²) < 4.78 is 0. The number of hydrogen-bond donors (Lipinski definition) is 2. The number of hydrogen-bond acceptors (Lipinski definition) is 4. The summed E-state index contributed by atoms with van der Waals surface area (Å²) in [6.07, 6.45) is 2.55. The van der Waals surface area contributed by atoms with Gasteiger partial charge in [0.25, 0.3) is 0 Å². The quantitative estimate of drug-likeness (QED) is 0.505. The Morgan fingerprint density at radius 1 is 1.15 bits per heavy atom. The second kappa shape index (κ2) is 12.5. The average Bonchev–Trinajstić information content (AvgIpc) is 2.64. The molecule has 0 aliphatic rings. The second-order valence-corrected chi connectivity index (χ2v) is 8.20. The fourth-order valence-corrected chi connectivity index (χ4v) is 3.73. The van der Waals surface area contributed by atoms with Gasteiger partial charge >= 0.3 is 0 Å². The molecule has 2 amide bonds. The first-order valence-electron chi connectivity index (χ1n) is 9.58. The lowest BCUT2D eigenvalue weighted by molar-refractivity contribution is -0.133. The first-order chi connectivity index (χ1) is 12.8. The SMILES string of the molecule is CCC(NC(=O)C(CC(N)=O)C(C)C)C(=O)CSCCCc1ccccc1. The molecule has 0 aliphatic carbocycles. The lowest BCUT2D eigenvalue weighted by atomic mass is 9.91. The van der Waals surface area contributed by atoms with Gasteiger partial charge in [-0.1, -0.05) is 51.1 Å². The number of Topliss-reactive ketones (excluding diaryl/α,β-unsaturated/α-hetero) is 1. The van der Waals surface area contributed by atoms with E-state index < -0.39 is 17.9 Å². The van der Waals surface area contributed by atoms with Gasteiger partial charge in [-0.15, -0.1) is 0 Å². The normalized spacial score (nSPS) is 13.2. The van der Waals surface area contributed by atoms with Gasteiger partial charge < -0.3 is 11.1 Å². The van der Waals surface area contributed by atoms with Crippen molar-refractivity contribution in [3.63, 3.8) is 0 Å². The Balaban J connectivity index is 2.39. The lowest BCUT2D eigenvalue weighted by Gasteiger charge is -2.22. The number of thioether (sulfide) groups is 1. The third kappa shape index (κ3) is 9.09. The van der Waals surface area contributed by atoms with Crippen molar-refractivity contribution in [1.29, 1.82) is 0 Å². The molecular formula is C21H32N2O3S. The van der Waals surface area contributed by atoms with Crippen LogP contribution in [0.1, 0.15) is 45.6 Å². The Morgan fingerprint density at radius 2 is 1.81 bits per heavy atom. The summed E-state index contributed by atoms with van der Waals surface area (Å²) in [6, 6.07) is 9.77. The van der Waals surface area contributed by atoms with Gasteiger partial charge in [-0.25, -0.2) is 0 Å². The first-order valence-corrected chi connectivity index (χ1v) is 10.7. The van der Waals surface area contributed by atoms with Gasteiger partial charge in [-0.3, -0.25) is 14.4 Å². The molecule has 0 aliphatic heterocycles. The molecule has 2 atom stereocenters. The number of carbonyl (C=O) groups excluding carboxylic acids is 3. The van der Waals surface area contributed by atoms with E-state index in [1.54, 1.807) is 11.8 Å². The van der Waals surface area contributed by atoms with Crippen molar-refractivity contribution in [2.24, 2.45) is 17.6 Å². The first kappa shape index (κ1) is 23.2. The Hall–Kier alpha value is -1.82. The average molecular weight is 393 g/mol. The highest BCUT2D eigenvalue weighted by Gasteiger charge is 2.27. The molecule has 0 radical (unpaired) electrons. The van der Waals surface area contributed by atoms with Crippen LogP contribution in [0.2, 0.25) is 0 Å². The third-order valence-corrected chi connectivity index (χ3v) is 5.58. The van der Waals surface area contributed by atoms with E-state index in [0.717, 1.165) is 18.6 Å². The molecule has 0 heterocycles. The zero-order valence-corrected chi connectivity index (χ0v) is 17.4. The number of nitrogens with one attached hydrogen (secondary N) is 1. The van der Waals surface area contributed by atoms with Crippen molar-refractivity contribution in [3.8, 4) is 0 Å². The molecule has 5 nitrogen and oxygen atoms in total. The number of amides is 2. The second-order valence-electron chi connectivity index (χ2n) is 7.10. The molecule has 1 aromatic carbocycles.